The third kappa shape index (κ3) is 11.3. The zero-order chi connectivity index (χ0) is 24.7. The molecule has 0 atom stereocenters. The van der Waals surface area contributed by atoms with E-state index in [1.54, 1.807) is 6.20 Å². The molecule has 192 valence electrons. The molecule has 4 rings (SSSR count). The number of hydrogen-bond donors (Lipinski definition) is 3. The number of aliphatic carboxylic acids is 1. The van der Waals surface area contributed by atoms with E-state index in [4.69, 9.17) is 9.84 Å². The lowest BCUT2D eigenvalue weighted by Crippen LogP contribution is -2.38. The smallest absolute Gasteiger partial charge is 0.321 e. The number of nitrogens with zero attached hydrogens (tertiary/aromatic N) is 1. The second-order valence-corrected chi connectivity index (χ2v) is 11.5. The van der Waals surface area contributed by atoms with Gasteiger partial charge in [0, 0.05) is 11.8 Å². The Labute approximate surface area is 216 Å². The number of aromatic nitrogens is 1. The molecule has 2 fully saturated rings. The van der Waals surface area contributed by atoms with Crippen molar-refractivity contribution < 1.29 is 19.4 Å². The fraction of sp³-hybridized carbons (Fsp3) is 0.577. The minimum atomic E-state index is -0.808. The quantitative estimate of drug-likeness (QED) is 0.315. The highest BCUT2D eigenvalue weighted by atomic mass is 32.2. The number of urea groups is 1. The first-order valence-electron chi connectivity index (χ1n) is 12.6. The number of carbonyl (C=O) groups excluding carboxylic acids is 1. The van der Waals surface area contributed by atoms with Gasteiger partial charge in [-0.1, -0.05) is 68.1 Å². The largest absolute Gasteiger partial charge is 0.493 e. The molecule has 1 aromatic carbocycles. The summed E-state index contributed by atoms with van der Waals surface area (Å²) in [5.74, 6) is 1.50. The number of ether oxygens (including phenoxy) is 1. The SMILES string of the molecule is O=C(O)CCSc1cnc(NC(=O)NC2CCCCC2)s1.c1ccc(OCC2CCCCC2)cc1. The van der Waals surface area contributed by atoms with E-state index in [1.807, 2.05) is 30.3 Å². The van der Waals surface area contributed by atoms with E-state index in [0.29, 0.717) is 10.9 Å². The number of thiazole rings is 1. The summed E-state index contributed by atoms with van der Waals surface area (Å²) < 4.78 is 6.65. The van der Waals surface area contributed by atoms with Crippen molar-refractivity contribution in [2.75, 3.05) is 17.7 Å². The molecule has 0 saturated heterocycles. The van der Waals surface area contributed by atoms with Gasteiger partial charge in [-0.15, -0.1) is 11.8 Å². The molecule has 7 nitrogen and oxygen atoms in total. The molecule has 2 aromatic rings. The van der Waals surface area contributed by atoms with Crippen LogP contribution in [0.2, 0.25) is 0 Å². The predicted octanol–water partition coefficient (Wildman–Crippen LogP) is 6.81. The molecule has 0 bridgehead atoms. The second-order valence-electron chi connectivity index (χ2n) is 9.04. The minimum absolute atomic E-state index is 0.119. The molecule has 1 aromatic heterocycles. The number of carboxylic acids is 1. The molecule has 9 heteroatoms. The van der Waals surface area contributed by atoms with Crippen LogP contribution >= 0.6 is 23.1 Å². The van der Waals surface area contributed by atoms with Crippen molar-refractivity contribution in [3.63, 3.8) is 0 Å². The normalized spacial score (nSPS) is 16.6. The van der Waals surface area contributed by atoms with Crippen molar-refractivity contribution in [2.24, 2.45) is 5.92 Å². The molecular formula is C26H37N3O4S2. The Morgan fingerprint density at radius 3 is 2.40 bits per heavy atom. The van der Waals surface area contributed by atoms with Crippen LogP contribution < -0.4 is 15.4 Å². The molecule has 0 unspecified atom stereocenters. The third-order valence-corrected chi connectivity index (χ3v) is 8.27. The van der Waals surface area contributed by atoms with Crippen molar-refractivity contribution >= 4 is 40.2 Å². The van der Waals surface area contributed by atoms with E-state index in [1.165, 1.54) is 74.5 Å². The highest BCUT2D eigenvalue weighted by molar-refractivity contribution is 8.01. The molecule has 2 aliphatic rings. The van der Waals surface area contributed by atoms with Crippen LogP contribution in [0, 0.1) is 5.92 Å². The molecule has 3 N–H and O–H groups in total. The zero-order valence-corrected chi connectivity index (χ0v) is 21.9. The van der Waals surface area contributed by atoms with Crippen molar-refractivity contribution in [3.8, 4) is 5.75 Å². The summed E-state index contributed by atoms with van der Waals surface area (Å²) in [5.41, 5.74) is 0. The highest BCUT2D eigenvalue weighted by Gasteiger charge is 2.16. The van der Waals surface area contributed by atoms with Gasteiger partial charge in [0.15, 0.2) is 5.13 Å². The van der Waals surface area contributed by atoms with Crippen LogP contribution in [-0.4, -0.2) is 40.5 Å². The third-order valence-electron chi connectivity index (χ3n) is 6.16. The number of amides is 2. The van der Waals surface area contributed by atoms with E-state index in [-0.39, 0.29) is 18.5 Å². The van der Waals surface area contributed by atoms with Crippen LogP contribution in [0.5, 0.6) is 5.75 Å². The van der Waals surface area contributed by atoms with Gasteiger partial charge in [-0.2, -0.15) is 0 Å². The van der Waals surface area contributed by atoms with E-state index in [0.717, 1.165) is 35.3 Å². The van der Waals surface area contributed by atoms with Gasteiger partial charge in [-0.25, -0.2) is 9.78 Å². The fourth-order valence-electron chi connectivity index (χ4n) is 4.27. The highest BCUT2D eigenvalue weighted by Crippen LogP contribution is 2.28. The summed E-state index contributed by atoms with van der Waals surface area (Å²) in [6, 6.07) is 10.2. The Kier molecular flexibility index (Phi) is 12.2. The molecule has 1 heterocycles. The molecule has 0 radical (unpaired) electrons. The number of thioether (sulfide) groups is 1. The molecule has 0 spiro atoms. The summed E-state index contributed by atoms with van der Waals surface area (Å²) >= 11 is 2.80. The fourth-order valence-corrected chi connectivity index (χ4v) is 6.15. The number of carbonyl (C=O) groups is 2. The molecule has 35 heavy (non-hydrogen) atoms. The number of anilines is 1. The Balaban J connectivity index is 0.000000211. The maximum Gasteiger partial charge on any atom is 0.321 e. The van der Waals surface area contributed by atoms with Crippen LogP contribution in [0.1, 0.15) is 70.6 Å². The first kappa shape index (κ1) is 27.3. The van der Waals surface area contributed by atoms with Crippen LogP contribution in [0.25, 0.3) is 0 Å². The van der Waals surface area contributed by atoms with E-state index in [2.05, 4.69) is 15.6 Å². The van der Waals surface area contributed by atoms with Gasteiger partial charge >= 0.3 is 12.0 Å². The van der Waals surface area contributed by atoms with Crippen LogP contribution in [0.15, 0.2) is 40.7 Å². The van der Waals surface area contributed by atoms with E-state index < -0.39 is 5.97 Å². The van der Waals surface area contributed by atoms with Gasteiger partial charge in [0.25, 0.3) is 0 Å². The lowest BCUT2D eigenvalue weighted by molar-refractivity contribution is -0.136. The van der Waals surface area contributed by atoms with Gasteiger partial charge in [-0.3, -0.25) is 10.1 Å². The summed E-state index contributed by atoms with van der Waals surface area (Å²) in [4.78, 5) is 26.4. The Hall–Kier alpha value is -2.26. The van der Waals surface area contributed by atoms with Gasteiger partial charge in [-0.05, 0) is 43.7 Å². The number of carboxylic acid groups (broad SMARTS) is 1. The predicted molar refractivity (Wildman–Crippen MR) is 143 cm³/mol. The Bertz CT molecular complexity index is 882. The van der Waals surface area contributed by atoms with Crippen molar-refractivity contribution in [1.29, 1.82) is 0 Å². The second kappa shape index (κ2) is 15.7. The van der Waals surface area contributed by atoms with Crippen molar-refractivity contribution in [2.45, 2.75) is 80.9 Å². The lowest BCUT2D eigenvalue weighted by Gasteiger charge is -2.22. The average Bonchev–Trinajstić information content (AvgIpc) is 3.31. The van der Waals surface area contributed by atoms with Crippen molar-refractivity contribution in [3.05, 3.63) is 36.5 Å². The first-order valence-corrected chi connectivity index (χ1v) is 14.4. The summed E-state index contributed by atoms with van der Waals surface area (Å²) in [7, 11) is 0. The number of para-hydroxylation sites is 1. The van der Waals surface area contributed by atoms with Gasteiger partial charge < -0.3 is 15.2 Å². The minimum Gasteiger partial charge on any atom is -0.493 e. The van der Waals surface area contributed by atoms with Crippen molar-refractivity contribution in [1.82, 2.24) is 10.3 Å². The van der Waals surface area contributed by atoms with Crippen LogP contribution in [0.4, 0.5) is 9.93 Å². The maximum atomic E-state index is 11.9. The molecular weight excluding hydrogens is 482 g/mol. The van der Waals surface area contributed by atoms with Gasteiger partial charge in [0.1, 0.15) is 5.75 Å². The standard InChI is InChI=1S/C13H19N3O3S2.C13H18O/c17-10(18)6-7-20-11-8-14-13(21-11)16-12(19)15-9-4-2-1-3-5-9;1-3-7-12(8-4-1)11-14-13-9-5-2-6-10-13/h8-9H,1-7H2,(H,17,18)(H2,14,15,16,19);2,5-6,9-10,12H,1,3-4,7-8,11H2. The number of benzene rings is 1. The Morgan fingerprint density at radius 1 is 1.03 bits per heavy atom. The molecule has 0 aliphatic heterocycles. The van der Waals surface area contributed by atoms with Gasteiger partial charge in [0.2, 0.25) is 0 Å². The zero-order valence-electron chi connectivity index (χ0n) is 20.2. The van der Waals surface area contributed by atoms with E-state index >= 15 is 0 Å². The number of rotatable bonds is 9. The summed E-state index contributed by atoms with van der Waals surface area (Å²) in [5, 5.41) is 14.8. The van der Waals surface area contributed by atoms with Gasteiger partial charge in [0.05, 0.1) is 23.4 Å². The number of nitrogens with one attached hydrogen (secondary N) is 2. The Morgan fingerprint density at radius 2 is 1.71 bits per heavy atom. The average molecular weight is 520 g/mol. The lowest BCUT2D eigenvalue weighted by atomic mass is 9.90. The maximum absolute atomic E-state index is 11.9. The first-order chi connectivity index (χ1) is 17.1. The van der Waals surface area contributed by atoms with Crippen LogP contribution in [-0.2, 0) is 4.79 Å². The summed E-state index contributed by atoms with van der Waals surface area (Å²) in [6.07, 6.45) is 14.4. The number of hydrogen-bond acceptors (Lipinski definition) is 6. The summed E-state index contributed by atoms with van der Waals surface area (Å²) in [6.45, 7) is 0.907. The molecule has 2 saturated carbocycles. The van der Waals surface area contributed by atoms with Crippen LogP contribution in [0.3, 0.4) is 0 Å². The molecule has 2 aliphatic carbocycles. The molecule has 2 amide bonds. The monoisotopic (exact) mass is 519 g/mol. The van der Waals surface area contributed by atoms with E-state index in [9.17, 15) is 9.59 Å². The topological polar surface area (TPSA) is 101 Å².